The van der Waals surface area contributed by atoms with Gasteiger partial charge < -0.3 is 19.8 Å². The minimum Gasteiger partial charge on any atom is -0.493 e. The van der Waals surface area contributed by atoms with Crippen molar-refractivity contribution in [1.82, 2.24) is 15.3 Å². The number of H-pyrrole nitrogens is 1. The molecule has 0 bridgehead atoms. The summed E-state index contributed by atoms with van der Waals surface area (Å²) in [5.74, 6) is 2.15. The van der Waals surface area contributed by atoms with Crippen molar-refractivity contribution in [3.63, 3.8) is 0 Å². The number of aromatic amines is 1. The van der Waals surface area contributed by atoms with Crippen LogP contribution >= 0.6 is 23.2 Å². The van der Waals surface area contributed by atoms with E-state index in [2.05, 4.69) is 15.3 Å². The lowest BCUT2D eigenvalue weighted by Crippen LogP contribution is -2.15. The third-order valence-electron chi connectivity index (χ3n) is 5.10. The number of aromatic nitrogens is 2. The van der Waals surface area contributed by atoms with Gasteiger partial charge in [-0.25, -0.2) is 4.98 Å². The van der Waals surface area contributed by atoms with Gasteiger partial charge in [0.05, 0.1) is 23.2 Å². The fraction of sp³-hybridized carbons (Fsp3) is 0.240. The number of nitrogens with one attached hydrogen (secondary N) is 2. The Balaban J connectivity index is 1.29. The highest BCUT2D eigenvalue weighted by atomic mass is 35.5. The van der Waals surface area contributed by atoms with Crippen LogP contribution in [0.5, 0.6) is 11.5 Å². The molecule has 0 fully saturated rings. The van der Waals surface area contributed by atoms with Crippen molar-refractivity contribution in [2.24, 2.45) is 0 Å². The number of methoxy groups -OCH3 is 1. The number of halogens is 2. The topological polar surface area (TPSA) is 59.2 Å². The first-order valence-corrected chi connectivity index (χ1v) is 11.3. The molecule has 0 saturated carbocycles. The van der Waals surface area contributed by atoms with Gasteiger partial charge in [0.25, 0.3) is 0 Å². The first kappa shape index (κ1) is 22.5. The molecule has 1 aromatic heterocycles. The molecule has 0 saturated heterocycles. The molecule has 0 aliphatic carbocycles. The Hall–Kier alpha value is -2.73. The number of fused-ring (bicyclic) bond motifs is 1. The number of para-hydroxylation sites is 2. The largest absolute Gasteiger partial charge is 0.493 e. The summed E-state index contributed by atoms with van der Waals surface area (Å²) in [5, 5.41) is 4.65. The molecule has 0 amide bonds. The summed E-state index contributed by atoms with van der Waals surface area (Å²) in [4.78, 5) is 7.98. The second-order valence-electron chi connectivity index (χ2n) is 7.51. The molecule has 7 heteroatoms. The van der Waals surface area contributed by atoms with Gasteiger partial charge >= 0.3 is 0 Å². The Labute approximate surface area is 197 Å². The third-order valence-corrected chi connectivity index (χ3v) is 5.61. The molecule has 2 N–H and O–H groups in total. The van der Waals surface area contributed by atoms with Crippen LogP contribution in [0.2, 0.25) is 10.0 Å². The highest BCUT2D eigenvalue weighted by Crippen LogP contribution is 2.37. The lowest BCUT2D eigenvalue weighted by Gasteiger charge is -2.15. The van der Waals surface area contributed by atoms with Gasteiger partial charge in [-0.3, -0.25) is 0 Å². The van der Waals surface area contributed by atoms with Gasteiger partial charge in [-0.2, -0.15) is 0 Å². The molecular formula is C25H25Cl2N3O2. The molecule has 32 heavy (non-hydrogen) atoms. The Kier molecular flexibility index (Phi) is 7.53. The van der Waals surface area contributed by atoms with Crippen molar-refractivity contribution < 1.29 is 9.47 Å². The van der Waals surface area contributed by atoms with Gasteiger partial charge in [-0.05, 0) is 60.5 Å². The molecule has 0 unspecified atom stereocenters. The Morgan fingerprint density at radius 3 is 2.69 bits per heavy atom. The van der Waals surface area contributed by atoms with Crippen LogP contribution < -0.4 is 14.8 Å². The van der Waals surface area contributed by atoms with Crippen LogP contribution in [0.4, 0.5) is 0 Å². The number of ether oxygens (including phenoxy) is 2. The van der Waals surface area contributed by atoms with Gasteiger partial charge in [-0.1, -0.05) is 47.5 Å². The standard InChI is InChI=1S/C25H25Cl2N3O2/c1-31-23-14-18(13-20(27)25(23)32-16-17-6-4-7-19(26)12-17)15-28-11-5-10-24-29-21-8-2-3-9-22(21)30-24/h2-4,6-9,12-14,28H,5,10-11,15-16H2,1H3,(H,29,30). The van der Waals surface area contributed by atoms with E-state index in [0.29, 0.717) is 34.7 Å². The summed E-state index contributed by atoms with van der Waals surface area (Å²) < 4.78 is 11.4. The van der Waals surface area contributed by atoms with E-state index >= 15 is 0 Å². The predicted octanol–water partition coefficient (Wildman–Crippen LogP) is 6.18. The summed E-state index contributed by atoms with van der Waals surface area (Å²) >= 11 is 12.5. The molecule has 0 aliphatic rings. The van der Waals surface area contributed by atoms with Crippen molar-refractivity contribution in [3.8, 4) is 11.5 Å². The molecular weight excluding hydrogens is 445 g/mol. The van der Waals surface area contributed by atoms with Crippen LogP contribution in [0.25, 0.3) is 11.0 Å². The second kappa shape index (κ2) is 10.7. The maximum Gasteiger partial charge on any atom is 0.180 e. The highest BCUT2D eigenvalue weighted by molar-refractivity contribution is 6.32. The van der Waals surface area contributed by atoms with Crippen molar-refractivity contribution in [2.75, 3.05) is 13.7 Å². The predicted molar refractivity (Wildman–Crippen MR) is 130 cm³/mol. The van der Waals surface area contributed by atoms with Crippen molar-refractivity contribution in [3.05, 3.63) is 87.7 Å². The highest BCUT2D eigenvalue weighted by Gasteiger charge is 2.12. The van der Waals surface area contributed by atoms with Crippen molar-refractivity contribution in [1.29, 1.82) is 0 Å². The number of imidazole rings is 1. The average Bonchev–Trinajstić information content (AvgIpc) is 3.20. The maximum atomic E-state index is 6.50. The quantitative estimate of drug-likeness (QED) is 0.272. The van der Waals surface area contributed by atoms with E-state index in [4.69, 9.17) is 32.7 Å². The Morgan fingerprint density at radius 2 is 1.88 bits per heavy atom. The molecule has 166 valence electrons. The van der Waals surface area contributed by atoms with E-state index in [1.54, 1.807) is 7.11 Å². The number of benzene rings is 3. The SMILES string of the molecule is COc1cc(CNCCCc2nc3ccccc3[nH]2)cc(Cl)c1OCc1cccc(Cl)c1. The zero-order valence-electron chi connectivity index (χ0n) is 17.8. The molecule has 4 aromatic rings. The molecule has 0 aliphatic heterocycles. The van der Waals surface area contributed by atoms with Crippen LogP contribution in [-0.2, 0) is 19.6 Å². The summed E-state index contributed by atoms with van der Waals surface area (Å²) in [5.41, 5.74) is 4.08. The zero-order chi connectivity index (χ0) is 22.3. The fourth-order valence-electron chi connectivity index (χ4n) is 3.54. The van der Waals surface area contributed by atoms with Crippen molar-refractivity contribution >= 4 is 34.2 Å². The zero-order valence-corrected chi connectivity index (χ0v) is 19.3. The summed E-state index contributed by atoms with van der Waals surface area (Å²) in [6, 6.07) is 19.5. The summed E-state index contributed by atoms with van der Waals surface area (Å²) in [7, 11) is 1.61. The lowest BCUT2D eigenvalue weighted by molar-refractivity contribution is 0.284. The molecule has 5 nitrogen and oxygen atoms in total. The molecule has 4 rings (SSSR count). The average molecular weight is 470 g/mol. The van der Waals surface area contributed by atoms with Gasteiger partial charge in [0.15, 0.2) is 11.5 Å². The lowest BCUT2D eigenvalue weighted by atomic mass is 10.2. The number of nitrogens with zero attached hydrogens (tertiary/aromatic N) is 1. The normalized spacial score (nSPS) is 11.1. The fourth-order valence-corrected chi connectivity index (χ4v) is 4.04. The monoisotopic (exact) mass is 469 g/mol. The number of hydrogen-bond donors (Lipinski definition) is 2. The van der Waals surface area contributed by atoms with Crippen LogP contribution in [0.1, 0.15) is 23.4 Å². The minimum atomic E-state index is 0.357. The summed E-state index contributed by atoms with van der Waals surface area (Å²) in [6.07, 6.45) is 1.87. The second-order valence-corrected chi connectivity index (χ2v) is 8.35. The van der Waals surface area contributed by atoms with Crippen LogP contribution in [0.15, 0.2) is 60.7 Å². The Bertz CT molecular complexity index is 1160. The smallest absolute Gasteiger partial charge is 0.180 e. The number of aryl methyl sites for hydroxylation is 1. The number of rotatable bonds is 10. The van der Waals surface area contributed by atoms with Gasteiger partial charge in [0.1, 0.15) is 12.4 Å². The molecule has 0 spiro atoms. The first-order valence-electron chi connectivity index (χ1n) is 10.5. The van der Waals surface area contributed by atoms with E-state index < -0.39 is 0 Å². The molecule has 0 radical (unpaired) electrons. The van der Waals surface area contributed by atoms with E-state index in [1.165, 1.54) is 0 Å². The van der Waals surface area contributed by atoms with Gasteiger partial charge in [0.2, 0.25) is 0 Å². The van der Waals surface area contributed by atoms with Crippen LogP contribution in [0, 0.1) is 0 Å². The third kappa shape index (κ3) is 5.74. The van der Waals surface area contributed by atoms with Gasteiger partial charge in [-0.15, -0.1) is 0 Å². The van der Waals surface area contributed by atoms with E-state index in [1.807, 2.05) is 60.7 Å². The van der Waals surface area contributed by atoms with Crippen LogP contribution in [0.3, 0.4) is 0 Å². The molecule has 3 aromatic carbocycles. The Morgan fingerprint density at radius 1 is 1.00 bits per heavy atom. The first-order chi connectivity index (χ1) is 15.6. The number of hydrogen-bond acceptors (Lipinski definition) is 4. The molecule has 1 heterocycles. The van der Waals surface area contributed by atoms with E-state index in [-0.39, 0.29) is 0 Å². The molecule has 0 atom stereocenters. The summed E-state index contributed by atoms with van der Waals surface area (Å²) in [6.45, 7) is 1.91. The van der Waals surface area contributed by atoms with E-state index in [9.17, 15) is 0 Å². The van der Waals surface area contributed by atoms with Crippen molar-refractivity contribution in [2.45, 2.75) is 26.0 Å². The van der Waals surface area contributed by atoms with E-state index in [0.717, 1.165) is 47.4 Å². The van der Waals surface area contributed by atoms with Crippen LogP contribution in [-0.4, -0.2) is 23.6 Å². The van der Waals surface area contributed by atoms with Gasteiger partial charge in [0, 0.05) is 18.0 Å². The minimum absolute atomic E-state index is 0.357. The maximum absolute atomic E-state index is 6.50.